The Hall–Kier alpha value is -1.43. The number of aryl methyl sites for hydroxylation is 2. The monoisotopic (exact) mass is 213 g/mol. The highest BCUT2D eigenvalue weighted by molar-refractivity contribution is 5.39. The van der Waals surface area contributed by atoms with Crippen LogP contribution in [-0.2, 0) is 6.54 Å². The van der Waals surface area contributed by atoms with E-state index < -0.39 is 4.92 Å². The van der Waals surface area contributed by atoms with Crippen LogP contribution in [0.4, 0.5) is 5.69 Å². The molecule has 0 aliphatic heterocycles. The zero-order chi connectivity index (χ0) is 11.4. The highest BCUT2D eigenvalue weighted by atomic mass is 16.6. The van der Waals surface area contributed by atoms with Crippen molar-refractivity contribution in [1.29, 1.82) is 0 Å². The van der Waals surface area contributed by atoms with Crippen molar-refractivity contribution in [3.05, 3.63) is 21.5 Å². The van der Waals surface area contributed by atoms with E-state index in [0.717, 1.165) is 6.42 Å². The smallest absolute Gasteiger partial charge is 0.312 e. The summed E-state index contributed by atoms with van der Waals surface area (Å²) >= 11 is 0. The first kappa shape index (κ1) is 11.6. The summed E-state index contributed by atoms with van der Waals surface area (Å²) in [6.07, 6.45) is 1.46. The normalized spacial score (nSPS) is 10.6. The Labute approximate surface area is 87.7 Å². The number of hydrogen-bond donors (Lipinski definition) is 1. The highest BCUT2D eigenvalue weighted by Crippen LogP contribution is 2.21. The van der Waals surface area contributed by atoms with E-state index in [2.05, 4.69) is 5.10 Å². The van der Waals surface area contributed by atoms with Gasteiger partial charge in [-0.2, -0.15) is 5.10 Å². The van der Waals surface area contributed by atoms with Gasteiger partial charge in [0.1, 0.15) is 11.4 Å². The molecule has 0 atom stereocenters. The lowest BCUT2D eigenvalue weighted by Gasteiger charge is -2.01. The molecule has 6 nitrogen and oxygen atoms in total. The van der Waals surface area contributed by atoms with E-state index >= 15 is 0 Å². The van der Waals surface area contributed by atoms with E-state index in [1.165, 1.54) is 0 Å². The van der Waals surface area contributed by atoms with Crippen molar-refractivity contribution in [2.24, 2.45) is 0 Å². The third-order valence-electron chi connectivity index (χ3n) is 2.30. The predicted molar refractivity (Wildman–Crippen MR) is 54.7 cm³/mol. The molecule has 0 spiro atoms. The lowest BCUT2D eigenvalue weighted by Crippen LogP contribution is -2.03. The molecular formula is C9H15N3O3. The summed E-state index contributed by atoms with van der Waals surface area (Å²) < 4.78 is 1.63. The fraction of sp³-hybridized carbons (Fsp3) is 0.667. The number of aliphatic hydroxyl groups excluding tert-OH is 1. The molecule has 1 N–H and O–H groups in total. The fourth-order valence-electron chi connectivity index (χ4n) is 1.54. The maximum Gasteiger partial charge on any atom is 0.312 e. The van der Waals surface area contributed by atoms with E-state index in [1.54, 1.807) is 18.5 Å². The minimum absolute atomic E-state index is 0.0963. The van der Waals surface area contributed by atoms with Crippen LogP contribution in [0.25, 0.3) is 0 Å². The number of aromatic nitrogens is 2. The van der Waals surface area contributed by atoms with Crippen molar-refractivity contribution in [2.75, 3.05) is 6.61 Å². The van der Waals surface area contributed by atoms with Crippen molar-refractivity contribution in [2.45, 2.75) is 33.2 Å². The molecule has 6 heteroatoms. The number of hydrogen-bond acceptors (Lipinski definition) is 4. The maximum atomic E-state index is 10.7. The van der Waals surface area contributed by atoms with Crippen LogP contribution in [0.3, 0.4) is 0 Å². The van der Waals surface area contributed by atoms with Gasteiger partial charge in [0.2, 0.25) is 0 Å². The Morgan fingerprint density at radius 3 is 2.60 bits per heavy atom. The summed E-state index contributed by atoms with van der Waals surface area (Å²) in [6.45, 7) is 4.08. The highest BCUT2D eigenvalue weighted by Gasteiger charge is 2.21. The molecule has 0 saturated heterocycles. The van der Waals surface area contributed by atoms with E-state index in [-0.39, 0.29) is 12.3 Å². The van der Waals surface area contributed by atoms with Crippen LogP contribution in [0.1, 0.15) is 24.2 Å². The molecule has 0 aliphatic rings. The molecule has 0 radical (unpaired) electrons. The van der Waals surface area contributed by atoms with Gasteiger partial charge in [-0.05, 0) is 26.7 Å². The zero-order valence-electron chi connectivity index (χ0n) is 8.93. The van der Waals surface area contributed by atoms with Crippen molar-refractivity contribution >= 4 is 5.69 Å². The number of nitrogens with zero attached hydrogens (tertiary/aromatic N) is 3. The number of aliphatic hydroxyl groups is 1. The third kappa shape index (κ3) is 2.53. The van der Waals surface area contributed by atoms with Gasteiger partial charge in [-0.1, -0.05) is 0 Å². The Kier molecular flexibility index (Phi) is 3.79. The van der Waals surface area contributed by atoms with Crippen molar-refractivity contribution in [3.63, 3.8) is 0 Å². The summed E-state index contributed by atoms with van der Waals surface area (Å²) in [6, 6.07) is 0. The van der Waals surface area contributed by atoms with Crippen LogP contribution in [0.5, 0.6) is 0 Å². The van der Waals surface area contributed by atoms with E-state index in [0.29, 0.717) is 24.4 Å². The molecule has 0 saturated carbocycles. The number of rotatable bonds is 5. The largest absolute Gasteiger partial charge is 0.396 e. The first-order valence-electron chi connectivity index (χ1n) is 4.87. The van der Waals surface area contributed by atoms with Crippen molar-refractivity contribution in [3.8, 4) is 0 Å². The van der Waals surface area contributed by atoms with E-state index in [9.17, 15) is 10.1 Å². The average Bonchev–Trinajstić information content (AvgIpc) is 2.42. The zero-order valence-corrected chi connectivity index (χ0v) is 8.93. The van der Waals surface area contributed by atoms with Crippen molar-refractivity contribution < 1.29 is 10.0 Å². The Bertz CT molecular complexity index is 360. The van der Waals surface area contributed by atoms with Crippen LogP contribution in [0.2, 0.25) is 0 Å². The van der Waals surface area contributed by atoms with Crippen molar-refractivity contribution in [1.82, 2.24) is 9.78 Å². The maximum absolute atomic E-state index is 10.7. The lowest BCUT2D eigenvalue weighted by molar-refractivity contribution is -0.386. The summed E-state index contributed by atoms with van der Waals surface area (Å²) in [5.74, 6) is 0. The summed E-state index contributed by atoms with van der Waals surface area (Å²) in [4.78, 5) is 10.3. The summed E-state index contributed by atoms with van der Waals surface area (Å²) in [5.41, 5.74) is 1.12. The molecule has 0 unspecified atom stereocenters. The second-order valence-electron chi connectivity index (χ2n) is 3.43. The minimum Gasteiger partial charge on any atom is -0.396 e. The Morgan fingerprint density at radius 1 is 1.47 bits per heavy atom. The standard InChI is InChI=1S/C9H15N3O3/c1-7-9(12(14)15)8(2)11(10-7)5-3-4-6-13/h13H,3-6H2,1-2H3. The third-order valence-corrected chi connectivity index (χ3v) is 2.30. The SMILES string of the molecule is Cc1nn(CCCCO)c(C)c1[N+](=O)[O-]. The van der Waals surface area contributed by atoms with Gasteiger partial charge in [0, 0.05) is 13.2 Å². The lowest BCUT2D eigenvalue weighted by atomic mass is 10.3. The molecular weight excluding hydrogens is 198 g/mol. The summed E-state index contributed by atoms with van der Waals surface area (Å²) in [7, 11) is 0. The van der Waals surface area contributed by atoms with Gasteiger partial charge in [0.05, 0.1) is 4.92 Å². The van der Waals surface area contributed by atoms with Gasteiger partial charge in [-0.25, -0.2) is 0 Å². The molecule has 1 rings (SSSR count). The van der Waals surface area contributed by atoms with Gasteiger partial charge in [0.15, 0.2) is 0 Å². The quantitative estimate of drug-likeness (QED) is 0.452. The molecule has 84 valence electrons. The molecule has 15 heavy (non-hydrogen) atoms. The van der Waals surface area contributed by atoms with Crippen LogP contribution in [0.15, 0.2) is 0 Å². The van der Waals surface area contributed by atoms with Gasteiger partial charge in [0.25, 0.3) is 0 Å². The fourth-order valence-corrected chi connectivity index (χ4v) is 1.54. The number of unbranched alkanes of at least 4 members (excludes halogenated alkanes) is 1. The molecule has 0 aromatic carbocycles. The molecule has 0 fully saturated rings. The van der Waals surface area contributed by atoms with Gasteiger partial charge >= 0.3 is 5.69 Å². The second kappa shape index (κ2) is 4.88. The molecule has 1 aromatic rings. The molecule has 0 aliphatic carbocycles. The minimum atomic E-state index is -0.403. The molecule has 0 amide bonds. The Morgan fingerprint density at radius 2 is 2.13 bits per heavy atom. The number of nitro groups is 1. The van der Waals surface area contributed by atoms with Crippen LogP contribution >= 0.6 is 0 Å². The summed E-state index contributed by atoms with van der Waals surface area (Å²) in [5, 5.41) is 23.4. The molecule has 0 bridgehead atoms. The van der Waals surface area contributed by atoms with Crippen LogP contribution in [0, 0.1) is 24.0 Å². The first-order chi connectivity index (χ1) is 7.07. The van der Waals surface area contributed by atoms with E-state index in [1.807, 2.05) is 0 Å². The van der Waals surface area contributed by atoms with Gasteiger partial charge in [-0.3, -0.25) is 14.8 Å². The molecule has 1 heterocycles. The Balaban J connectivity index is 2.82. The first-order valence-corrected chi connectivity index (χ1v) is 4.87. The molecule has 1 aromatic heterocycles. The van der Waals surface area contributed by atoms with Crippen LogP contribution < -0.4 is 0 Å². The van der Waals surface area contributed by atoms with Crippen LogP contribution in [-0.4, -0.2) is 26.4 Å². The van der Waals surface area contributed by atoms with E-state index in [4.69, 9.17) is 5.11 Å². The second-order valence-corrected chi connectivity index (χ2v) is 3.43. The van der Waals surface area contributed by atoms with Gasteiger partial charge < -0.3 is 5.11 Å². The average molecular weight is 213 g/mol. The predicted octanol–water partition coefficient (Wildman–Crippen LogP) is 1.18. The van der Waals surface area contributed by atoms with Gasteiger partial charge in [-0.15, -0.1) is 0 Å². The topological polar surface area (TPSA) is 81.2 Å².